The lowest BCUT2D eigenvalue weighted by atomic mass is 10.0. The molecule has 0 saturated heterocycles. The van der Waals surface area contributed by atoms with Gasteiger partial charge in [-0.05, 0) is 49.0 Å². The lowest BCUT2D eigenvalue weighted by Crippen LogP contribution is -2.57. The number of guanidine groups is 1. The van der Waals surface area contributed by atoms with E-state index < -0.39 is 85.5 Å². The first-order chi connectivity index (χ1) is 22.7. The number of carbonyl (C=O) groups is 6. The van der Waals surface area contributed by atoms with Gasteiger partial charge in [0.25, 0.3) is 0 Å². The minimum atomic E-state index is -1.59. The van der Waals surface area contributed by atoms with Gasteiger partial charge in [-0.3, -0.25) is 29.0 Å². The van der Waals surface area contributed by atoms with Crippen molar-refractivity contribution in [2.45, 2.75) is 55.9 Å². The molecule has 48 heavy (non-hydrogen) atoms. The highest BCUT2D eigenvalue weighted by atomic mass is 32.2. The second-order valence-corrected chi connectivity index (χ2v) is 11.4. The fraction of sp³-hybridized carbons (Fsp3) is 0.536. The molecule has 5 amide bonds. The number of nitrogens with zero attached hydrogens (tertiary/aromatic N) is 1. The zero-order valence-corrected chi connectivity index (χ0v) is 27.2. The Hall–Kier alpha value is -4.66. The Morgan fingerprint density at radius 3 is 1.94 bits per heavy atom. The summed E-state index contributed by atoms with van der Waals surface area (Å²) in [4.78, 5) is 79.6. The van der Waals surface area contributed by atoms with E-state index in [-0.39, 0.29) is 43.9 Å². The van der Waals surface area contributed by atoms with E-state index in [0.717, 1.165) is 0 Å². The number of carboxylic acids is 1. The van der Waals surface area contributed by atoms with Crippen molar-refractivity contribution in [3.8, 4) is 5.75 Å². The Balaban J connectivity index is 3.12. The van der Waals surface area contributed by atoms with E-state index in [1.54, 1.807) is 6.26 Å². The first kappa shape index (κ1) is 41.4. The lowest BCUT2D eigenvalue weighted by Gasteiger charge is -2.24. The summed E-state index contributed by atoms with van der Waals surface area (Å²) in [6.45, 7) is -2.09. The summed E-state index contributed by atoms with van der Waals surface area (Å²) in [5.74, 6) is -5.39. The summed E-state index contributed by atoms with van der Waals surface area (Å²) in [5.41, 5.74) is 16.8. The average molecular weight is 700 g/mol. The number of nitrogens with one attached hydrogen (secondary N) is 5. The molecule has 19 nitrogen and oxygen atoms in total. The number of aliphatic carboxylic acids is 1. The molecule has 0 heterocycles. The van der Waals surface area contributed by atoms with Crippen molar-refractivity contribution in [3.63, 3.8) is 0 Å². The van der Waals surface area contributed by atoms with Gasteiger partial charge in [-0.2, -0.15) is 11.8 Å². The highest BCUT2D eigenvalue weighted by Crippen LogP contribution is 2.12. The largest absolute Gasteiger partial charge is 0.508 e. The van der Waals surface area contributed by atoms with E-state index in [4.69, 9.17) is 22.3 Å². The second-order valence-electron chi connectivity index (χ2n) is 10.4. The van der Waals surface area contributed by atoms with Crippen molar-refractivity contribution >= 4 is 53.2 Å². The zero-order chi connectivity index (χ0) is 36.2. The van der Waals surface area contributed by atoms with E-state index in [1.165, 1.54) is 36.0 Å². The van der Waals surface area contributed by atoms with Crippen LogP contribution in [0.15, 0.2) is 29.3 Å². The Bertz CT molecular complexity index is 1260. The predicted octanol–water partition coefficient (Wildman–Crippen LogP) is -4.81. The SMILES string of the molecule is CSCC[C@H](NC(=O)CNC(=O)[C@H](Cc1ccc(O)cc1)NC(=O)[C@H](CCCN=C(N)N)NC(=O)[C@@H](N)CO)C(=O)N[C@@H](CO)C(=O)O. The number of amides is 5. The maximum atomic E-state index is 13.4. The van der Waals surface area contributed by atoms with Crippen LogP contribution in [0.3, 0.4) is 0 Å². The van der Waals surface area contributed by atoms with Gasteiger partial charge >= 0.3 is 5.97 Å². The van der Waals surface area contributed by atoms with Crippen LogP contribution in [0.25, 0.3) is 0 Å². The monoisotopic (exact) mass is 699 g/mol. The molecule has 1 aromatic rings. The number of rotatable bonds is 22. The second kappa shape index (κ2) is 22.0. The molecule has 5 atom stereocenters. The van der Waals surface area contributed by atoms with Crippen LogP contribution in [0.5, 0.6) is 5.75 Å². The molecule has 0 radical (unpaired) electrons. The first-order valence-electron chi connectivity index (χ1n) is 14.7. The number of aliphatic hydroxyl groups excluding tert-OH is 2. The van der Waals surface area contributed by atoms with Gasteiger partial charge in [-0.1, -0.05) is 12.1 Å². The van der Waals surface area contributed by atoms with Gasteiger partial charge in [0, 0.05) is 13.0 Å². The molecule has 0 bridgehead atoms. The first-order valence-corrected chi connectivity index (χ1v) is 16.1. The summed E-state index contributed by atoms with van der Waals surface area (Å²) >= 11 is 1.37. The van der Waals surface area contributed by atoms with Crippen molar-refractivity contribution in [3.05, 3.63) is 29.8 Å². The molecule has 0 aliphatic carbocycles. The maximum absolute atomic E-state index is 13.4. The number of carboxylic acid groups (broad SMARTS) is 1. The number of thioether (sulfide) groups is 1. The Morgan fingerprint density at radius 1 is 0.812 bits per heavy atom. The molecule has 0 unspecified atom stereocenters. The highest BCUT2D eigenvalue weighted by Gasteiger charge is 2.29. The van der Waals surface area contributed by atoms with Crippen molar-refractivity contribution in [1.29, 1.82) is 0 Å². The van der Waals surface area contributed by atoms with E-state index in [1.807, 2.05) is 0 Å². The number of aliphatic imine (C=N–C) groups is 1. The Labute approximate surface area is 280 Å². The van der Waals surface area contributed by atoms with E-state index in [2.05, 4.69) is 31.6 Å². The Morgan fingerprint density at radius 2 is 1.40 bits per heavy atom. The summed E-state index contributed by atoms with van der Waals surface area (Å²) in [6.07, 6.45) is 2.01. The van der Waals surface area contributed by atoms with Crippen LogP contribution in [0.1, 0.15) is 24.8 Å². The molecule has 0 spiro atoms. The fourth-order valence-electron chi connectivity index (χ4n) is 3.98. The van der Waals surface area contributed by atoms with Gasteiger partial charge < -0.3 is 64.2 Å². The van der Waals surface area contributed by atoms with Gasteiger partial charge in [0.1, 0.15) is 36.0 Å². The van der Waals surface area contributed by atoms with Crippen LogP contribution in [0.2, 0.25) is 0 Å². The van der Waals surface area contributed by atoms with Crippen LogP contribution < -0.4 is 43.8 Å². The summed E-state index contributed by atoms with van der Waals surface area (Å²) < 4.78 is 0. The average Bonchev–Trinajstić information content (AvgIpc) is 3.05. The summed E-state index contributed by atoms with van der Waals surface area (Å²) in [6, 6.07) is -0.882. The van der Waals surface area contributed by atoms with Crippen LogP contribution in [-0.2, 0) is 35.2 Å². The zero-order valence-electron chi connectivity index (χ0n) is 26.4. The van der Waals surface area contributed by atoms with Crippen LogP contribution >= 0.6 is 11.8 Å². The third kappa shape index (κ3) is 15.8. The number of carbonyl (C=O) groups excluding carboxylic acids is 5. The number of hydrogen-bond donors (Lipinski definition) is 12. The van der Waals surface area contributed by atoms with Gasteiger partial charge in [-0.15, -0.1) is 0 Å². The Kier molecular flexibility index (Phi) is 19.0. The van der Waals surface area contributed by atoms with Crippen molar-refractivity contribution in [1.82, 2.24) is 26.6 Å². The number of phenolic OH excluding ortho intramolecular Hbond substituents is 1. The molecule has 0 aliphatic rings. The summed E-state index contributed by atoms with van der Waals surface area (Å²) in [7, 11) is 0. The number of aliphatic hydroxyl groups is 2. The number of phenols is 1. The van der Waals surface area contributed by atoms with Crippen LogP contribution in [0, 0.1) is 0 Å². The number of benzene rings is 1. The van der Waals surface area contributed by atoms with Crippen molar-refractivity contribution in [2.75, 3.05) is 38.3 Å². The lowest BCUT2D eigenvalue weighted by molar-refractivity contribution is -0.143. The topological polar surface area (TPSA) is 334 Å². The molecule has 0 aromatic heterocycles. The van der Waals surface area contributed by atoms with Crippen molar-refractivity contribution < 1.29 is 49.2 Å². The van der Waals surface area contributed by atoms with E-state index >= 15 is 0 Å². The quantitative estimate of drug-likeness (QED) is 0.0307. The number of nitrogens with two attached hydrogens (primary N) is 3. The van der Waals surface area contributed by atoms with Gasteiger partial charge in [-0.25, -0.2) is 4.79 Å². The van der Waals surface area contributed by atoms with Gasteiger partial charge in [0.05, 0.1) is 19.8 Å². The minimum Gasteiger partial charge on any atom is -0.508 e. The standard InChI is InChI=1S/C28H45N9O10S/c1-48-10-8-19(26(45)37-21(14-39)27(46)47)34-22(41)12-33-24(43)20(11-15-4-6-16(40)7-5-15)36-25(44)18(3-2-9-32-28(30)31)35-23(42)17(29)13-38/h4-7,17-21,38-40H,2-3,8-14,29H2,1H3,(H,33,43)(H,34,41)(H,35,42)(H,36,44)(H,37,45)(H,46,47)(H4,30,31,32)/t17-,18-,19-,20-,21-/m0/s1. The number of hydrogen-bond acceptors (Lipinski definition) is 12. The third-order valence-electron chi connectivity index (χ3n) is 6.60. The fourth-order valence-corrected chi connectivity index (χ4v) is 4.45. The van der Waals surface area contributed by atoms with E-state index in [9.17, 15) is 44.1 Å². The van der Waals surface area contributed by atoms with Gasteiger partial charge in [0.2, 0.25) is 29.5 Å². The van der Waals surface area contributed by atoms with Crippen LogP contribution in [-0.4, -0.2) is 130 Å². The molecule has 1 aromatic carbocycles. The molecule has 20 heteroatoms. The molecule has 0 saturated carbocycles. The maximum Gasteiger partial charge on any atom is 0.328 e. The predicted molar refractivity (Wildman–Crippen MR) is 175 cm³/mol. The number of aromatic hydroxyl groups is 1. The van der Waals surface area contributed by atoms with Crippen LogP contribution in [0.4, 0.5) is 0 Å². The molecule has 1 rings (SSSR count). The molecule has 268 valence electrons. The van der Waals surface area contributed by atoms with Gasteiger partial charge in [0.15, 0.2) is 5.96 Å². The third-order valence-corrected chi connectivity index (χ3v) is 7.25. The highest BCUT2D eigenvalue weighted by molar-refractivity contribution is 7.98. The van der Waals surface area contributed by atoms with Crippen molar-refractivity contribution in [2.24, 2.45) is 22.2 Å². The summed E-state index contributed by atoms with van der Waals surface area (Å²) in [5, 5.41) is 49.2. The normalized spacial score (nSPS) is 13.8. The molecular formula is C28H45N9O10S. The minimum absolute atomic E-state index is 0.0149. The molecule has 0 aliphatic heterocycles. The molecule has 0 fully saturated rings. The molecule has 15 N–H and O–H groups in total. The molecular weight excluding hydrogens is 654 g/mol. The smallest absolute Gasteiger partial charge is 0.328 e. The van der Waals surface area contributed by atoms with E-state index in [0.29, 0.717) is 11.3 Å².